The molecular formula is C20H23N3O4. The normalized spacial score (nSPS) is 12.0. The molecule has 0 saturated heterocycles. The Hall–Kier alpha value is -3.22. The number of imidazole rings is 1. The van der Waals surface area contributed by atoms with Gasteiger partial charge in [-0.1, -0.05) is 12.1 Å². The fraction of sp³-hybridized carbons (Fsp3) is 0.300. The van der Waals surface area contributed by atoms with Crippen molar-refractivity contribution in [3.8, 4) is 11.5 Å². The second-order valence-electron chi connectivity index (χ2n) is 6.31. The van der Waals surface area contributed by atoms with Crippen molar-refractivity contribution in [1.29, 1.82) is 0 Å². The van der Waals surface area contributed by atoms with Gasteiger partial charge in [0.25, 0.3) is 0 Å². The van der Waals surface area contributed by atoms with E-state index >= 15 is 0 Å². The van der Waals surface area contributed by atoms with Crippen molar-refractivity contribution in [2.24, 2.45) is 7.05 Å². The first-order valence-electron chi connectivity index (χ1n) is 8.61. The number of para-hydroxylation sites is 2. The second-order valence-corrected chi connectivity index (χ2v) is 6.31. The number of fused-ring (bicyclic) bond motifs is 1. The number of benzene rings is 2. The van der Waals surface area contributed by atoms with Gasteiger partial charge >= 0.3 is 5.69 Å². The highest BCUT2D eigenvalue weighted by Crippen LogP contribution is 2.29. The molecule has 0 radical (unpaired) electrons. The molecule has 1 N–H and O–H groups in total. The number of aryl methyl sites for hydroxylation is 1. The first kappa shape index (κ1) is 18.6. The molecule has 1 amide bonds. The third-order valence-electron chi connectivity index (χ3n) is 4.63. The van der Waals surface area contributed by atoms with Crippen LogP contribution in [0.1, 0.15) is 18.5 Å². The van der Waals surface area contributed by atoms with Crippen LogP contribution in [0.2, 0.25) is 0 Å². The summed E-state index contributed by atoms with van der Waals surface area (Å²) in [6, 6.07) is 12.5. The summed E-state index contributed by atoms with van der Waals surface area (Å²) in [5.74, 6) is 1.08. The lowest BCUT2D eigenvalue weighted by atomic mass is 10.1. The summed E-state index contributed by atoms with van der Waals surface area (Å²) in [6.07, 6.45) is 0. The number of rotatable bonds is 6. The van der Waals surface area contributed by atoms with Crippen LogP contribution in [0.4, 0.5) is 0 Å². The molecule has 7 nitrogen and oxygen atoms in total. The van der Waals surface area contributed by atoms with Gasteiger partial charge in [-0.2, -0.15) is 0 Å². The Kier molecular flexibility index (Phi) is 5.21. The fourth-order valence-corrected chi connectivity index (χ4v) is 3.20. The maximum absolute atomic E-state index is 12.6. The van der Waals surface area contributed by atoms with Crippen molar-refractivity contribution in [3.63, 3.8) is 0 Å². The van der Waals surface area contributed by atoms with Crippen molar-refractivity contribution in [2.45, 2.75) is 19.5 Å². The zero-order valence-electron chi connectivity index (χ0n) is 15.9. The van der Waals surface area contributed by atoms with E-state index in [-0.39, 0.29) is 24.2 Å². The fourth-order valence-electron chi connectivity index (χ4n) is 3.20. The first-order chi connectivity index (χ1) is 13.0. The molecule has 0 aliphatic carbocycles. The first-order valence-corrected chi connectivity index (χ1v) is 8.61. The van der Waals surface area contributed by atoms with Crippen LogP contribution in [0.3, 0.4) is 0 Å². The summed E-state index contributed by atoms with van der Waals surface area (Å²) in [5.41, 5.74) is 2.10. The minimum atomic E-state index is -0.312. The van der Waals surface area contributed by atoms with Gasteiger partial charge in [-0.15, -0.1) is 0 Å². The van der Waals surface area contributed by atoms with Gasteiger partial charge in [0.05, 0.1) is 31.3 Å². The number of nitrogens with one attached hydrogen (secondary N) is 1. The summed E-state index contributed by atoms with van der Waals surface area (Å²) in [6.45, 7) is 1.80. The molecule has 0 aliphatic heterocycles. The standard InChI is InChI=1S/C20H23N3O4/c1-13(15-11-14(26-3)9-10-18(15)27-4)21-19(24)12-23-17-8-6-5-7-16(17)22(2)20(23)25/h5-11,13H,12H2,1-4H3,(H,21,24). The van der Waals surface area contributed by atoms with Crippen molar-refractivity contribution < 1.29 is 14.3 Å². The smallest absolute Gasteiger partial charge is 0.329 e. The van der Waals surface area contributed by atoms with E-state index in [1.165, 1.54) is 9.13 Å². The zero-order valence-corrected chi connectivity index (χ0v) is 15.9. The van der Waals surface area contributed by atoms with Crippen LogP contribution in [0.5, 0.6) is 11.5 Å². The Morgan fingerprint density at radius 3 is 2.48 bits per heavy atom. The number of amides is 1. The Bertz CT molecular complexity index is 1040. The average Bonchev–Trinajstić information content (AvgIpc) is 2.92. The summed E-state index contributed by atoms with van der Waals surface area (Å²) >= 11 is 0. The molecule has 1 unspecified atom stereocenters. The average molecular weight is 369 g/mol. The maximum atomic E-state index is 12.6. The van der Waals surface area contributed by atoms with E-state index in [9.17, 15) is 9.59 Å². The van der Waals surface area contributed by atoms with E-state index in [2.05, 4.69) is 5.32 Å². The van der Waals surface area contributed by atoms with E-state index in [1.54, 1.807) is 33.4 Å². The van der Waals surface area contributed by atoms with Crippen LogP contribution >= 0.6 is 0 Å². The molecule has 142 valence electrons. The Morgan fingerprint density at radius 1 is 1.11 bits per heavy atom. The van der Waals surface area contributed by atoms with E-state index in [4.69, 9.17) is 9.47 Å². The van der Waals surface area contributed by atoms with Gasteiger partial charge in [-0.05, 0) is 37.3 Å². The number of ether oxygens (including phenoxy) is 2. The lowest BCUT2D eigenvalue weighted by molar-refractivity contribution is -0.122. The van der Waals surface area contributed by atoms with Crippen molar-refractivity contribution >= 4 is 16.9 Å². The summed E-state index contributed by atoms with van der Waals surface area (Å²) in [4.78, 5) is 25.1. The second kappa shape index (κ2) is 7.57. The maximum Gasteiger partial charge on any atom is 0.329 e. The highest BCUT2D eigenvalue weighted by atomic mass is 16.5. The zero-order chi connectivity index (χ0) is 19.6. The van der Waals surface area contributed by atoms with Crippen LogP contribution < -0.4 is 20.5 Å². The highest BCUT2D eigenvalue weighted by molar-refractivity contribution is 5.81. The lowest BCUT2D eigenvalue weighted by Gasteiger charge is -2.18. The number of hydrogen-bond acceptors (Lipinski definition) is 4. The molecule has 2 aromatic carbocycles. The van der Waals surface area contributed by atoms with Gasteiger partial charge in [0.2, 0.25) is 5.91 Å². The van der Waals surface area contributed by atoms with E-state index < -0.39 is 0 Å². The molecule has 7 heteroatoms. The Morgan fingerprint density at radius 2 is 1.81 bits per heavy atom. The van der Waals surface area contributed by atoms with Crippen LogP contribution in [0, 0.1) is 0 Å². The highest BCUT2D eigenvalue weighted by Gasteiger charge is 2.18. The minimum absolute atomic E-state index is 0.0587. The van der Waals surface area contributed by atoms with E-state index in [0.717, 1.165) is 16.6 Å². The summed E-state index contributed by atoms with van der Waals surface area (Å²) in [7, 11) is 4.86. The molecule has 0 bridgehead atoms. The molecule has 3 rings (SSSR count). The topological polar surface area (TPSA) is 74.5 Å². The quantitative estimate of drug-likeness (QED) is 0.723. The molecule has 1 heterocycles. The Balaban J connectivity index is 1.83. The number of carbonyl (C=O) groups excluding carboxylic acids is 1. The number of methoxy groups -OCH3 is 2. The molecule has 1 aromatic heterocycles. The van der Waals surface area contributed by atoms with Crippen LogP contribution in [0.15, 0.2) is 47.3 Å². The predicted molar refractivity (Wildman–Crippen MR) is 103 cm³/mol. The van der Waals surface area contributed by atoms with Gasteiger partial charge in [-0.3, -0.25) is 13.9 Å². The summed E-state index contributed by atoms with van der Waals surface area (Å²) < 4.78 is 13.6. The van der Waals surface area contributed by atoms with Gasteiger partial charge in [0.1, 0.15) is 18.0 Å². The molecule has 3 aromatic rings. The van der Waals surface area contributed by atoms with Crippen molar-refractivity contribution in [2.75, 3.05) is 14.2 Å². The van der Waals surface area contributed by atoms with Gasteiger partial charge in [0, 0.05) is 12.6 Å². The van der Waals surface area contributed by atoms with Gasteiger partial charge in [-0.25, -0.2) is 4.79 Å². The number of hydrogen-bond donors (Lipinski definition) is 1. The molecule has 0 spiro atoms. The molecule has 27 heavy (non-hydrogen) atoms. The van der Waals surface area contributed by atoms with E-state index in [1.807, 2.05) is 37.3 Å². The molecule has 1 atom stereocenters. The van der Waals surface area contributed by atoms with Crippen molar-refractivity contribution in [3.05, 3.63) is 58.5 Å². The molecular weight excluding hydrogens is 346 g/mol. The predicted octanol–water partition coefficient (Wildman–Crippen LogP) is 2.23. The third-order valence-corrected chi connectivity index (χ3v) is 4.63. The number of nitrogens with zero attached hydrogens (tertiary/aromatic N) is 2. The molecule has 0 saturated carbocycles. The Labute approximate surface area is 157 Å². The minimum Gasteiger partial charge on any atom is -0.497 e. The van der Waals surface area contributed by atoms with E-state index in [0.29, 0.717) is 11.5 Å². The van der Waals surface area contributed by atoms with Crippen LogP contribution in [-0.4, -0.2) is 29.3 Å². The van der Waals surface area contributed by atoms with Gasteiger partial charge in [0.15, 0.2) is 0 Å². The van der Waals surface area contributed by atoms with Crippen LogP contribution in [-0.2, 0) is 18.4 Å². The largest absolute Gasteiger partial charge is 0.497 e. The number of carbonyl (C=O) groups is 1. The molecule has 0 aliphatic rings. The summed E-state index contributed by atoms with van der Waals surface area (Å²) in [5, 5.41) is 2.93. The van der Waals surface area contributed by atoms with Gasteiger partial charge < -0.3 is 14.8 Å². The van der Waals surface area contributed by atoms with Crippen molar-refractivity contribution in [1.82, 2.24) is 14.5 Å². The third kappa shape index (κ3) is 3.53. The monoisotopic (exact) mass is 369 g/mol. The molecule has 0 fully saturated rings. The lowest BCUT2D eigenvalue weighted by Crippen LogP contribution is -2.34. The van der Waals surface area contributed by atoms with Crippen LogP contribution in [0.25, 0.3) is 11.0 Å². The SMILES string of the molecule is COc1ccc(OC)c(C(C)NC(=O)Cn2c(=O)n(C)c3ccccc32)c1. The number of aromatic nitrogens is 2.